The van der Waals surface area contributed by atoms with Crippen LogP contribution in [0.4, 0.5) is 0 Å². The number of nitrogens with one attached hydrogen (secondary N) is 1. The molecule has 0 aliphatic heterocycles. The summed E-state index contributed by atoms with van der Waals surface area (Å²) in [4.78, 5) is 0. The first-order chi connectivity index (χ1) is 4.68. The number of hydrogen-bond donors (Lipinski definition) is 2. The van der Waals surface area contributed by atoms with Crippen LogP contribution in [0.2, 0.25) is 0 Å². The van der Waals surface area contributed by atoms with Crippen LogP contribution >= 0.6 is 7.75 Å². The minimum absolute atomic E-state index is 0.227. The molecule has 0 radical (unpaired) electrons. The molecule has 0 rings (SSSR count). The van der Waals surface area contributed by atoms with E-state index in [0.29, 0.717) is 0 Å². The Bertz CT molecular complexity index is 118. The van der Waals surface area contributed by atoms with Crippen molar-refractivity contribution in [2.75, 3.05) is 13.2 Å². The molecule has 2 N–H and O–H groups in total. The van der Waals surface area contributed by atoms with Crippen molar-refractivity contribution in [1.29, 1.82) is 0 Å². The second kappa shape index (κ2) is 4.82. The van der Waals surface area contributed by atoms with E-state index < -0.39 is 7.75 Å². The van der Waals surface area contributed by atoms with Crippen molar-refractivity contribution in [3.8, 4) is 0 Å². The first-order valence-corrected chi connectivity index (χ1v) is 4.53. The van der Waals surface area contributed by atoms with Crippen LogP contribution in [0.3, 0.4) is 0 Å². The summed E-state index contributed by atoms with van der Waals surface area (Å²) in [6, 6.07) is 0. The van der Waals surface area contributed by atoms with Gasteiger partial charge in [0.2, 0.25) is 0 Å². The molecule has 0 saturated heterocycles. The monoisotopic (exact) mass is 169 g/mol. The van der Waals surface area contributed by atoms with Crippen molar-refractivity contribution < 1.29 is 18.8 Å². The summed E-state index contributed by atoms with van der Waals surface area (Å²) in [5.41, 5.74) is 0. The van der Waals surface area contributed by atoms with Gasteiger partial charge in [0.05, 0.1) is 13.2 Å². The van der Waals surface area contributed by atoms with Crippen LogP contribution < -0.4 is 5.25 Å². The maximum absolute atomic E-state index is 11.0. The number of hydrogen-bond acceptors (Lipinski definition) is 4. The summed E-state index contributed by atoms with van der Waals surface area (Å²) in [7, 11) is -3.39. The molecule has 0 spiro atoms. The molecular formula is C4H12NO4P. The average Bonchev–Trinajstić information content (AvgIpc) is 1.89. The largest absolute Gasteiger partial charge is 0.428 e. The van der Waals surface area contributed by atoms with Gasteiger partial charge in [0, 0.05) is 0 Å². The topological polar surface area (TPSA) is 67.8 Å². The van der Waals surface area contributed by atoms with Gasteiger partial charge in [-0.2, -0.15) is 0 Å². The molecule has 0 aromatic carbocycles. The Morgan fingerprint density at radius 3 is 2.00 bits per heavy atom. The minimum atomic E-state index is -3.39. The normalized spacial score (nSPS) is 11.9. The van der Waals surface area contributed by atoms with Gasteiger partial charge in [-0.3, -0.25) is 9.05 Å². The van der Waals surface area contributed by atoms with E-state index in [0.717, 1.165) is 0 Å². The maximum atomic E-state index is 11.0. The molecule has 0 aliphatic carbocycles. The molecule has 6 heteroatoms. The van der Waals surface area contributed by atoms with Crippen molar-refractivity contribution in [3.63, 3.8) is 0 Å². The van der Waals surface area contributed by atoms with Gasteiger partial charge < -0.3 is 5.21 Å². The van der Waals surface area contributed by atoms with Crippen LogP contribution in [-0.4, -0.2) is 18.4 Å². The summed E-state index contributed by atoms with van der Waals surface area (Å²) < 4.78 is 20.2. The first kappa shape index (κ1) is 10.1. The molecule has 0 aliphatic rings. The highest BCUT2D eigenvalue weighted by atomic mass is 31.2. The Balaban J connectivity index is 3.83. The standard InChI is InChI=1S/C4H12NO4P/c1-3-8-10(7,5-6)9-4-2/h6H,3-4H2,1-2H3,(H,5,7). The Labute approximate surface area is 59.9 Å². The van der Waals surface area contributed by atoms with Crippen molar-refractivity contribution in [1.82, 2.24) is 5.25 Å². The summed E-state index contributed by atoms with van der Waals surface area (Å²) in [5, 5.41) is 9.78. The summed E-state index contributed by atoms with van der Waals surface area (Å²) in [5.74, 6) is 0. The predicted octanol–water partition coefficient (Wildman–Crippen LogP) is 1.15. The van der Waals surface area contributed by atoms with Gasteiger partial charge in [-0.1, -0.05) is 0 Å². The van der Waals surface area contributed by atoms with Gasteiger partial charge in [-0.15, -0.1) is 5.25 Å². The predicted molar refractivity (Wildman–Crippen MR) is 35.8 cm³/mol. The van der Waals surface area contributed by atoms with E-state index in [-0.39, 0.29) is 13.2 Å². The van der Waals surface area contributed by atoms with Crippen molar-refractivity contribution in [3.05, 3.63) is 0 Å². The van der Waals surface area contributed by atoms with Crippen LogP contribution in [-0.2, 0) is 13.6 Å². The van der Waals surface area contributed by atoms with Gasteiger partial charge >= 0.3 is 7.75 Å². The fourth-order valence-electron chi connectivity index (χ4n) is 0.435. The molecule has 0 atom stereocenters. The Hall–Kier alpha value is 0.0700. The van der Waals surface area contributed by atoms with E-state index in [4.69, 9.17) is 5.21 Å². The zero-order valence-electron chi connectivity index (χ0n) is 6.03. The highest BCUT2D eigenvalue weighted by Crippen LogP contribution is 2.42. The average molecular weight is 169 g/mol. The fourth-order valence-corrected chi connectivity index (χ4v) is 1.30. The summed E-state index contributed by atoms with van der Waals surface area (Å²) in [6.07, 6.45) is 0. The molecule has 0 amide bonds. The SMILES string of the molecule is CCOP(=O)(NO)OCC. The summed E-state index contributed by atoms with van der Waals surface area (Å²) in [6.45, 7) is 3.77. The van der Waals surface area contributed by atoms with E-state index >= 15 is 0 Å². The van der Waals surface area contributed by atoms with Gasteiger partial charge in [-0.05, 0) is 13.8 Å². The van der Waals surface area contributed by atoms with Crippen LogP contribution in [0.5, 0.6) is 0 Å². The third kappa shape index (κ3) is 3.29. The van der Waals surface area contributed by atoms with E-state index in [1.807, 2.05) is 0 Å². The second-order valence-corrected chi connectivity index (χ2v) is 3.14. The maximum Gasteiger partial charge on any atom is 0.428 e. The second-order valence-electron chi connectivity index (χ2n) is 1.43. The smallest absolute Gasteiger partial charge is 0.307 e. The van der Waals surface area contributed by atoms with Crippen LogP contribution in [0.1, 0.15) is 13.8 Å². The first-order valence-electron chi connectivity index (χ1n) is 2.99. The highest BCUT2D eigenvalue weighted by molar-refractivity contribution is 7.51. The van der Waals surface area contributed by atoms with E-state index in [1.165, 1.54) is 5.25 Å². The van der Waals surface area contributed by atoms with Gasteiger partial charge in [0.15, 0.2) is 0 Å². The van der Waals surface area contributed by atoms with Gasteiger partial charge in [0.1, 0.15) is 0 Å². The van der Waals surface area contributed by atoms with Crippen LogP contribution in [0.15, 0.2) is 0 Å². The Morgan fingerprint density at radius 2 is 1.80 bits per heavy atom. The number of rotatable bonds is 5. The third-order valence-corrected chi connectivity index (χ3v) is 2.16. The highest BCUT2D eigenvalue weighted by Gasteiger charge is 2.21. The minimum Gasteiger partial charge on any atom is -0.307 e. The Morgan fingerprint density at radius 1 is 1.40 bits per heavy atom. The zero-order valence-corrected chi connectivity index (χ0v) is 6.93. The molecule has 0 unspecified atom stereocenters. The molecule has 0 saturated carbocycles. The molecule has 0 aromatic heterocycles. The molecule has 10 heavy (non-hydrogen) atoms. The van der Waals surface area contributed by atoms with E-state index in [2.05, 4.69) is 9.05 Å². The fraction of sp³-hybridized carbons (Fsp3) is 1.00. The van der Waals surface area contributed by atoms with E-state index in [9.17, 15) is 4.57 Å². The lowest BCUT2D eigenvalue weighted by Gasteiger charge is -2.12. The third-order valence-electron chi connectivity index (χ3n) is 0.721. The van der Waals surface area contributed by atoms with Crippen molar-refractivity contribution in [2.45, 2.75) is 13.8 Å². The van der Waals surface area contributed by atoms with Gasteiger partial charge in [-0.25, -0.2) is 4.57 Å². The van der Waals surface area contributed by atoms with Crippen molar-refractivity contribution >= 4 is 7.75 Å². The van der Waals surface area contributed by atoms with Gasteiger partial charge in [0.25, 0.3) is 0 Å². The Kier molecular flexibility index (Phi) is 4.85. The molecule has 0 aromatic rings. The molecular weight excluding hydrogens is 157 g/mol. The zero-order chi connectivity index (χ0) is 8.04. The molecule has 62 valence electrons. The van der Waals surface area contributed by atoms with E-state index in [1.54, 1.807) is 13.8 Å². The van der Waals surface area contributed by atoms with Crippen LogP contribution in [0.25, 0.3) is 0 Å². The lowest BCUT2D eigenvalue weighted by Crippen LogP contribution is -2.09. The molecule has 0 fully saturated rings. The quantitative estimate of drug-likeness (QED) is 0.477. The lowest BCUT2D eigenvalue weighted by atomic mass is 10.9. The molecule has 5 nitrogen and oxygen atoms in total. The van der Waals surface area contributed by atoms with Crippen LogP contribution in [0, 0.1) is 0 Å². The lowest BCUT2D eigenvalue weighted by molar-refractivity contribution is 0.141. The summed E-state index contributed by atoms with van der Waals surface area (Å²) >= 11 is 0. The molecule has 0 heterocycles. The molecule has 0 bridgehead atoms. The van der Waals surface area contributed by atoms with Crippen molar-refractivity contribution in [2.24, 2.45) is 0 Å².